The van der Waals surface area contributed by atoms with Crippen LogP contribution in [0.15, 0.2) is 21.3 Å². The lowest BCUT2D eigenvalue weighted by atomic mass is 9.91. The molecule has 0 saturated carbocycles. The molecule has 8 heteroatoms. The Kier molecular flexibility index (Phi) is 6.14. The summed E-state index contributed by atoms with van der Waals surface area (Å²) in [6, 6.07) is 0.385. The summed E-state index contributed by atoms with van der Waals surface area (Å²) in [6.07, 6.45) is 4.77. The molecule has 0 aromatic rings. The molecule has 26 heavy (non-hydrogen) atoms. The first-order valence-corrected chi connectivity index (χ1v) is 10.9. The smallest absolute Gasteiger partial charge is 0.247 e. The number of hydrazine groups is 1. The average molecular weight is 379 g/mol. The third kappa shape index (κ3) is 4.24. The molecule has 144 valence electrons. The van der Waals surface area contributed by atoms with Gasteiger partial charge in [0.1, 0.15) is 0 Å². The molecule has 0 spiro atoms. The minimum atomic E-state index is 0.385. The average Bonchev–Trinajstić information content (AvgIpc) is 3.06. The molecule has 1 atom stereocenters. The third-order valence-electron chi connectivity index (χ3n) is 5.33. The molecule has 0 aromatic carbocycles. The highest BCUT2D eigenvalue weighted by atomic mass is 32.2. The number of fused-ring (bicyclic) bond motifs is 1. The normalized spacial score (nSPS) is 26.2. The second kappa shape index (κ2) is 8.73. The molecule has 0 aromatic heterocycles. The van der Waals surface area contributed by atoms with Crippen molar-refractivity contribution in [2.75, 3.05) is 51.7 Å². The summed E-state index contributed by atoms with van der Waals surface area (Å²) in [5, 5.41) is 6.83. The van der Waals surface area contributed by atoms with Crippen LogP contribution in [0.2, 0.25) is 0 Å². The monoisotopic (exact) mass is 378 g/mol. The molecule has 3 heterocycles. The van der Waals surface area contributed by atoms with E-state index in [-0.39, 0.29) is 0 Å². The molecule has 4 aliphatic rings. The Bertz CT molecular complexity index is 598. The van der Waals surface area contributed by atoms with E-state index in [0.29, 0.717) is 6.04 Å². The topological polar surface area (TPSA) is 64.5 Å². The van der Waals surface area contributed by atoms with E-state index < -0.39 is 0 Å². The Hall–Kier alpha value is -1.09. The zero-order valence-corrected chi connectivity index (χ0v) is 16.5. The highest BCUT2D eigenvalue weighted by Gasteiger charge is 2.32. The maximum absolute atomic E-state index is 5.42. The predicted octanol–water partition coefficient (Wildman–Crippen LogP) is 1.40. The lowest BCUT2D eigenvalue weighted by Crippen LogP contribution is -2.45. The molecule has 1 unspecified atom stereocenters. The van der Waals surface area contributed by atoms with Crippen LogP contribution in [-0.4, -0.2) is 78.8 Å². The molecule has 1 saturated heterocycles. The number of rotatable bonds is 6. The quantitative estimate of drug-likeness (QED) is 0.682. The highest BCUT2D eigenvalue weighted by Crippen LogP contribution is 2.31. The van der Waals surface area contributed by atoms with E-state index in [1.165, 1.54) is 30.5 Å². The van der Waals surface area contributed by atoms with Gasteiger partial charge in [0.25, 0.3) is 0 Å². The molecular formula is C18H30N6OS. The Morgan fingerprint density at radius 1 is 1.31 bits per heavy atom. The molecule has 0 radical (unpaired) electrons. The van der Waals surface area contributed by atoms with Crippen LogP contribution in [0.3, 0.4) is 0 Å². The standard InChI is InChI=1S/C18H30N6OS/c1-2-26-18-21-17-20-16-14(13-24(17)22-18)5-3-6-15(16)19-7-4-8-23-9-11-25-12-10-23/h15,19H,2-13H2,1H3,(H,20,21,22). The van der Waals surface area contributed by atoms with Gasteiger partial charge in [0, 0.05) is 19.1 Å². The van der Waals surface area contributed by atoms with Crippen molar-refractivity contribution >= 4 is 22.9 Å². The van der Waals surface area contributed by atoms with Crippen LogP contribution in [0, 0.1) is 0 Å². The van der Waals surface area contributed by atoms with Gasteiger partial charge in [0.05, 0.1) is 25.5 Å². The fourth-order valence-electron chi connectivity index (χ4n) is 3.99. The number of ether oxygens (including phenoxy) is 1. The van der Waals surface area contributed by atoms with Crippen LogP contribution in [0.5, 0.6) is 0 Å². The number of guanidine groups is 1. The highest BCUT2D eigenvalue weighted by molar-refractivity contribution is 8.13. The van der Waals surface area contributed by atoms with Gasteiger partial charge >= 0.3 is 0 Å². The molecule has 2 N–H and O–H groups in total. The van der Waals surface area contributed by atoms with Crippen molar-refractivity contribution in [3.8, 4) is 0 Å². The van der Waals surface area contributed by atoms with Gasteiger partial charge in [0.15, 0.2) is 5.17 Å². The van der Waals surface area contributed by atoms with Crippen molar-refractivity contribution in [1.82, 2.24) is 20.7 Å². The SMILES string of the molecule is CCSC1=NC2=NC3=C(CCCC3NCCCN3CCOCC3)CN2N1. The van der Waals surface area contributed by atoms with Crippen LogP contribution >= 0.6 is 11.8 Å². The van der Waals surface area contributed by atoms with E-state index in [2.05, 4.69) is 32.6 Å². The number of hydrogen-bond donors (Lipinski definition) is 2. The maximum Gasteiger partial charge on any atom is 0.247 e. The van der Waals surface area contributed by atoms with Gasteiger partial charge in [-0.1, -0.05) is 18.7 Å². The molecule has 7 nitrogen and oxygen atoms in total. The molecule has 3 aliphatic heterocycles. The second-order valence-corrected chi connectivity index (χ2v) is 8.41. The van der Waals surface area contributed by atoms with Gasteiger partial charge in [-0.05, 0) is 50.1 Å². The van der Waals surface area contributed by atoms with Crippen molar-refractivity contribution < 1.29 is 4.74 Å². The number of thioether (sulfide) groups is 1. The summed E-state index contributed by atoms with van der Waals surface area (Å²) in [5.74, 6) is 1.86. The fourth-order valence-corrected chi connectivity index (χ4v) is 4.58. The van der Waals surface area contributed by atoms with Crippen LogP contribution in [0.4, 0.5) is 0 Å². The van der Waals surface area contributed by atoms with Gasteiger partial charge in [-0.25, -0.2) is 10.0 Å². The largest absolute Gasteiger partial charge is 0.379 e. The fraction of sp³-hybridized carbons (Fsp3) is 0.778. The first kappa shape index (κ1) is 18.3. The van der Waals surface area contributed by atoms with E-state index >= 15 is 0 Å². The lowest BCUT2D eigenvalue weighted by Gasteiger charge is -2.33. The number of hydrogen-bond acceptors (Lipinski definition) is 8. The number of amidine groups is 1. The van der Waals surface area contributed by atoms with Gasteiger partial charge in [-0.3, -0.25) is 10.3 Å². The first-order chi connectivity index (χ1) is 12.8. The van der Waals surface area contributed by atoms with Gasteiger partial charge < -0.3 is 10.1 Å². The van der Waals surface area contributed by atoms with Crippen molar-refractivity contribution in [3.63, 3.8) is 0 Å². The Morgan fingerprint density at radius 2 is 2.19 bits per heavy atom. The van der Waals surface area contributed by atoms with Crippen LogP contribution in [-0.2, 0) is 4.74 Å². The van der Waals surface area contributed by atoms with E-state index in [9.17, 15) is 0 Å². The zero-order valence-electron chi connectivity index (χ0n) is 15.7. The number of morpholine rings is 1. The van der Waals surface area contributed by atoms with Crippen LogP contribution < -0.4 is 10.7 Å². The minimum absolute atomic E-state index is 0.385. The van der Waals surface area contributed by atoms with Crippen molar-refractivity contribution in [2.45, 2.75) is 38.6 Å². The van der Waals surface area contributed by atoms with Gasteiger partial charge in [0.2, 0.25) is 5.96 Å². The number of nitrogens with one attached hydrogen (secondary N) is 2. The summed E-state index contributed by atoms with van der Waals surface area (Å²) >= 11 is 1.74. The molecule has 1 fully saturated rings. The Balaban J connectivity index is 1.32. The molecule has 4 rings (SSSR count). The number of aliphatic imine (C=N–C) groups is 2. The van der Waals surface area contributed by atoms with E-state index in [1.807, 2.05) is 0 Å². The first-order valence-electron chi connectivity index (χ1n) is 9.93. The molecule has 0 amide bonds. The summed E-state index contributed by atoms with van der Waals surface area (Å²) in [4.78, 5) is 12.1. The lowest BCUT2D eigenvalue weighted by molar-refractivity contribution is 0.0374. The van der Waals surface area contributed by atoms with Gasteiger partial charge in [-0.2, -0.15) is 4.99 Å². The Labute approximate surface area is 160 Å². The maximum atomic E-state index is 5.42. The number of nitrogens with zero attached hydrogens (tertiary/aromatic N) is 4. The second-order valence-electron chi connectivity index (χ2n) is 7.16. The van der Waals surface area contributed by atoms with E-state index in [1.54, 1.807) is 11.8 Å². The molecule has 0 bridgehead atoms. The predicted molar refractivity (Wildman–Crippen MR) is 107 cm³/mol. The van der Waals surface area contributed by atoms with E-state index in [4.69, 9.17) is 9.73 Å². The Morgan fingerprint density at radius 3 is 3.04 bits per heavy atom. The summed E-state index contributed by atoms with van der Waals surface area (Å²) < 4.78 is 5.42. The summed E-state index contributed by atoms with van der Waals surface area (Å²) in [7, 11) is 0. The zero-order chi connectivity index (χ0) is 17.8. The van der Waals surface area contributed by atoms with Crippen LogP contribution in [0.1, 0.15) is 32.6 Å². The third-order valence-corrected chi connectivity index (χ3v) is 6.08. The minimum Gasteiger partial charge on any atom is -0.379 e. The van der Waals surface area contributed by atoms with Crippen molar-refractivity contribution in [1.29, 1.82) is 0 Å². The molecule has 1 aliphatic carbocycles. The van der Waals surface area contributed by atoms with E-state index in [0.717, 1.165) is 69.2 Å². The molecular weight excluding hydrogens is 348 g/mol. The summed E-state index contributed by atoms with van der Waals surface area (Å²) in [5.41, 5.74) is 6.10. The van der Waals surface area contributed by atoms with Crippen LogP contribution in [0.25, 0.3) is 0 Å². The summed E-state index contributed by atoms with van der Waals surface area (Å²) in [6.45, 7) is 9.18. The van der Waals surface area contributed by atoms with Crippen molar-refractivity contribution in [3.05, 3.63) is 11.3 Å². The van der Waals surface area contributed by atoms with Gasteiger partial charge in [-0.15, -0.1) is 0 Å². The van der Waals surface area contributed by atoms with Crippen molar-refractivity contribution in [2.24, 2.45) is 9.98 Å².